The van der Waals surface area contributed by atoms with Crippen molar-refractivity contribution in [3.8, 4) is 111 Å². The molecule has 14 aromatic rings. The van der Waals surface area contributed by atoms with E-state index in [0.717, 1.165) is 0 Å². The molecule has 14 aromatic carbocycles. The highest BCUT2D eigenvalue weighted by molar-refractivity contribution is 5.78. The van der Waals surface area contributed by atoms with Crippen molar-refractivity contribution >= 4 is 0 Å². The minimum Gasteiger partial charge on any atom is -0.0683 e. The molecule has 0 amide bonds. The third kappa shape index (κ3) is 27.5. The first-order valence-corrected chi connectivity index (χ1v) is 36.7. The molecule has 0 aliphatic heterocycles. The fourth-order valence-electron chi connectivity index (χ4n) is 10.2. The van der Waals surface area contributed by atoms with Gasteiger partial charge in [0.15, 0.2) is 0 Å². The molecule has 0 aliphatic rings. The van der Waals surface area contributed by atoms with Gasteiger partial charge in [0.25, 0.3) is 0 Å². The highest BCUT2D eigenvalue weighted by atomic mass is 14.1. The summed E-state index contributed by atoms with van der Waals surface area (Å²) in [6, 6.07) is 136. The molecule has 0 atom stereocenters. The molecule has 0 saturated heterocycles. The van der Waals surface area contributed by atoms with Crippen molar-refractivity contribution in [3.63, 3.8) is 0 Å². The maximum atomic E-state index is 2.26. The monoisotopic (exact) mass is 1310 g/mol. The predicted molar refractivity (Wildman–Crippen MR) is 451 cm³/mol. The van der Waals surface area contributed by atoms with Gasteiger partial charge in [0.1, 0.15) is 0 Å². The van der Waals surface area contributed by atoms with Crippen molar-refractivity contribution in [2.45, 2.75) is 111 Å². The molecular weight excluding hydrogens is 1200 g/mol. The van der Waals surface area contributed by atoms with Crippen molar-refractivity contribution in [2.75, 3.05) is 0 Å². The van der Waals surface area contributed by atoms with E-state index in [1.807, 2.05) is 147 Å². The molecule has 0 saturated carbocycles. The zero-order valence-corrected chi connectivity index (χ0v) is 63.0. The van der Waals surface area contributed by atoms with E-state index in [-0.39, 0.29) is 0 Å². The van der Waals surface area contributed by atoms with Crippen LogP contribution in [0.5, 0.6) is 0 Å². The van der Waals surface area contributed by atoms with Crippen LogP contribution >= 0.6 is 0 Å². The van der Waals surface area contributed by atoms with Crippen LogP contribution in [0, 0.1) is 0 Å². The number of hydrogen-bond donors (Lipinski definition) is 0. The molecule has 0 spiro atoms. The topological polar surface area (TPSA) is 0 Å². The summed E-state index contributed by atoms with van der Waals surface area (Å²) in [6.45, 7) is 32.0. The first-order valence-electron chi connectivity index (χ1n) is 36.7. The molecule has 0 nitrogen and oxygen atoms in total. The number of rotatable bonds is 10. The third-order valence-electron chi connectivity index (χ3n) is 14.8. The molecule has 0 aliphatic carbocycles. The molecular formula is C100H112. The Bertz CT molecular complexity index is 3910. The summed E-state index contributed by atoms with van der Waals surface area (Å²) in [4.78, 5) is 0. The molecule has 14 rings (SSSR count). The van der Waals surface area contributed by atoms with E-state index >= 15 is 0 Å². The van der Waals surface area contributed by atoms with Crippen LogP contribution in [-0.2, 0) is 0 Å². The van der Waals surface area contributed by atoms with Crippen LogP contribution in [0.4, 0.5) is 0 Å². The highest BCUT2D eigenvalue weighted by Gasteiger charge is 2.07. The Morgan fingerprint density at radius 2 is 0.160 bits per heavy atom. The third-order valence-corrected chi connectivity index (χ3v) is 14.8. The van der Waals surface area contributed by atoms with Gasteiger partial charge in [-0.05, 0) is 129 Å². The van der Waals surface area contributed by atoms with Crippen LogP contribution in [-0.4, -0.2) is 0 Å². The Morgan fingerprint density at radius 3 is 0.280 bits per heavy atom. The lowest BCUT2D eigenvalue weighted by atomic mass is 9.96. The summed E-state index contributed by atoms with van der Waals surface area (Å²) < 4.78 is 0. The van der Waals surface area contributed by atoms with E-state index in [1.54, 1.807) is 0 Å². The molecule has 512 valence electrons. The summed E-state index contributed by atoms with van der Waals surface area (Å²) in [5.74, 6) is 0. The van der Waals surface area contributed by atoms with Crippen LogP contribution in [0.3, 0.4) is 0 Å². The lowest BCUT2D eigenvalue weighted by Gasteiger charge is -2.08. The standard InChI is InChI=1S/2C24H18.2C18H14.8C2H6/c1-3-9-19(10-4-1)21-13-7-15-23(17-21)24-16-8-14-22(18-24)20-11-5-2-6-12-20;1-3-7-19(8-4-1)21-11-15-23(16-12-21)24-17-13-22(14-18-24)20-9-5-2-6-10-20;1-3-8-15(9-4-1)17-12-7-13-18(14-17)16-10-5-2-6-11-16;1-3-7-15(8-4-1)17-11-13-18(14-12-17)16-9-5-2-6-10-16;8*1-2/h2*1-18H;2*1-14H;8*1-2H3. The molecule has 0 heteroatoms. The van der Waals surface area contributed by atoms with Crippen LogP contribution in [0.15, 0.2) is 388 Å². The smallest absolute Gasteiger partial charge is 0.0178 e. The first kappa shape index (κ1) is 83.3. The largest absolute Gasteiger partial charge is 0.0683 e. The van der Waals surface area contributed by atoms with Crippen LogP contribution in [0.1, 0.15) is 111 Å². The van der Waals surface area contributed by atoms with Gasteiger partial charge in [-0.3, -0.25) is 0 Å². The summed E-state index contributed by atoms with van der Waals surface area (Å²) >= 11 is 0. The van der Waals surface area contributed by atoms with Gasteiger partial charge >= 0.3 is 0 Å². The Balaban J connectivity index is 0.000000326. The molecule has 0 heterocycles. The maximum absolute atomic E-state index is 2.26. The summed E-state index contributed by atoms with van der Waals surface area (Å²) in [7, 11) is 0. The average Bonchev–Trinajstić information content (AvgIpc) is 0.854. The van der Waals surface area contributed by atoms with E-state index in [1.165, 1.54) is 111 Å². The van der Waals surface area contributed by atoms with E-state index in [2.05, 4.69) is 352 Å². The molecule has 0 bridgehead atoms. The van der Waals surface area contributed by atoms with Gasteiger partial charge in [0, 0.05) is 0 Å². The molecule has 0 fully saturated rings. The zero-order chi connectivity index (χ0) is 72.8. The van der Waals surface area contributed by atoms with Crippen molar-refractivity contribution in [3.05, 3.63) is 388 Å². The molecule has 100 heavy (non-hydrogen) atoms. The maximum Gasteiger partial charge on any atom is -0.0178 e. The quantitative estimate of drug-likeness (QED) is 0.128. The van der Waals surface area contributed by atoms with Crippen molar-refractivity contribution < 1.29 is 0 Å². The van der Waals surface area contributed by atoms with Gasteiger partial charge in [-0.1, -0.05) is 481 Å². The molecule has 0 radical (unpaired) electrons. The Labute approximate surface area is 606 Å². The fourth-order valence-corrected chi connectivity index (χ4v) is 10.2. The van der Waals surface area contributed by atoms with Crippen molar-refractivity contribution in [1.29, 1.82) is 0 Å². The van der Waals surface area contributed by atoms with Crippen molar-refractivity contribution in [1.82, 2.24) is 0 Å². The van der Waals surface area contributed by atoms with E-state index in [4.69, 9.17) is 0 Å². The number of hydrogen-bond acceptors (Lipinski definition) is 0. The summed E-state index contributed by atoms with van der Waals surface area (Å²) in [5, 5.41) is 0. The van der Waals surface area contributed by atoms with Crippen molar-refractivity contribution in [2.24, 2.45) is 0 Å². The second kappa shape index (κ2) is 52.2. The zero-order valence-electron chi connectivity index (χ0n) is 63.0. The SMILES string of the molecule is CC.CC.CC.CC.CC.CC.CC.CC.c1ccc(-c2ccc(-c3ccc(-c4ccccc4)cc3)cc2)cc1.c1ccc(-c2ccc(-c3ccccc3)cc2)cc1.c1ccc(-c2cccc(-c3cccc(-c4ccccc4)c3)c2)cc1.c1ccc(-c2cccc(-c3ccccc3)c2)cc1. The normalized spacial score (nSPS) is 9.20. The minimum atomic E-state index is 1.24. The van der Waals surface area contributed by atoms with Gasteiger partial charge in [-0.15, -0.1) is 0 Å². The second-order valence-corrected chi connectivity index (χ2v) is 20.4. The van der Waals surface area contributed by atoms with E-state index in [9.17, 15) is 0 Å². The van der Waals surface area contributed by atoms with Gasteiger partial charge in [0.05, 0.1) is 0 Å². The molecule has 0 aromatic heterocycles. The van der Waals surface area contributed by atoms with Crippen LogP contribution in [0.25, 0.3) is 111 Å². The number of benzene rings is 14. The summed E-state index contributed by atoms with van der Waals surface area (Å²) in [6.07, 6.45) is 0. The lowest BCUT2D eigenvalue weighted by molar-refractivity contribution is 1.50. The summed E-state index contributed by atoms with van der Waals surface area (Å²) in [5.41, 5.74) is 25.1. The van der Waals surface area contributed by atoms with Gasteiger partial charge in [-0.25, -0.2) is 0 Å². The minimum absolute atomic E-state index is 1.24. The van der Waals surface area contributed by atoms with E-state index in [0.29, 0.717) is 0 Å². The van der Waals surface area contributed by atoms with Crippen LogP contribution in [0.2, 0.25) is 0 Å². The first-order chi connectivity index (χ1) is 49.7. The average molecular weight is 1310 g/mol. The molecule has 0 N–H and O–H groups in total. The van der Waals surface area contributed by atoms with Gasteiger partial charge < -0.3 is 0 Å². The highest BCUT2D eigenvalue weighted by Crippen LogP contribution is 2.32. The molecule has 0 unspecified atom stereocenters. The van der Waals surface area contributed by atoms with Gasteiger partial charge in [-0.2, -0.15) is 0 Å². The van der Waals surface area contributed by atoms with Gasteiger partial charge in [0.2, 0.25) is 0 Å². The fraction of sp³-hybridized carbons (Fsp3) is 0.160. The predicted octanol–water partition coefficient (Wildman–Crippen LogP) is 31.6. The Hall–Kier alpha value is -10.9. The van der Waals surface area contributed by atoms with Crippen LogP contribution < -0.4 is 0 Å². The van der Waals surface area contributed by atoms with E-state index < -0.39 is 0 Å². The lowest BCUT2D eigenvalue weighted by Crippen LogP contribution is -1.83. The Kier molecular flexibility index (Phi) is 43.5. The Morgan fingerprint density at radius 1 is 0.0800 bits per heavy atom. The second-order valence-electron chi connectivity index (χ2n) is 20.4.